The van der Waals surface area contributed by atoms with E-state index in [0.29, 0.717) is 6.54 Å². The quantitative estimate of drug-likeness (QED) is 0.763. The predicted octanol–water partition coefficient (Wildman–Crippen LogP) is 2.17. The molecule has 2 rings (SSSR count). The first-order chi connectivity index (χ1) is 11.0. The van der Waals surface area contributed by atoms with Gasteiger partial charge in [0.15, 0.2) is 0 Å². The van der Waals surface area contributed by atoms with Gasteiger partial charge in [-0.15, -0.1) is 24.8 Å². The summed E-state index contributed by atoms with van der Waals surface area (Å²) < 4.78 is 1.69. The molecule has 0 fully saturated rings. The number of anilines is 1. The minimum Gasteiger partial charge on any atom is -0.370 e. The van der Waals surface area contributed by atoms with Gasteiger partial charge in [-0.3, -0.25) is 9.48 Å². The van der Waals surface area contributed by atoms with E-state index in [0.717, 1.165) is 11.3 Å². The lowest BCUT2D eigenvalue weighted by molar-refractivity contribution is -0.123. The molecule has 2 aromatic rings. The molecule has 140 valence electrons. The Morgan fingerprint density at radius 1 is 1.28 bits per heavy atom. The van der Waals surface area contributed by atoms with E-state index in [9.17, 15) is 4.79 Å². The minimum atomic E-state index is -0.391. The van der Waals surface area contributed by atoms with Crippen LogP contribution in [-0.2, 0) is 11.8 Å². The maximum Gasteiger partial charge on any atom is 0.241 e. The van der Waals surface area contributed by atoms with E-state index in [4.69, 9.17) is 0 Å². The third-order valence-electron chi connectivity index (χ3n) is 4.01. The summed E-state index contributed by atoms with van der Waals surface area (Å²) in [6, 6.07) is 9.93. The second-order valence-corrected chi connectivity index (χ2v) is 5.71. The lowest BCUT2D eigenvalue weighted by atomic mass is 10.1. The Kier molecular flexibility index (Phi) is 10.2. The van der Waals surface area contributed by atoms with E-state index in [1.54, 1.807) is 17.9 Å². The van der Waals surface area contributed by atoms with Crippen molar-refractivity contribution in [2.75, 3.05) is 25.5 Å². The van der Waals surface area contributed by atoms with Crippen molar-refractivity contribution in [2.45, 2.75) is 19.0 Å². The first-order valence-electron chi connectivity index (χ1n) is 7.74. The number of benzene rings is 1. The van der Waals surface area contributed by atoms with Gasteiger partial charge in [0.25, 0.3) is 0 Å². The Labute approximate surface area is 161 Å². The molecule has 1 heterocycles. The first kappa shape index (κ1) is 23.2. The highest BCUT2D eigenvalue weighted by Crippen LogP contribution is 2.14. The van der Waals surface area contributed by atoms with Crippen LogP contribution in [0, 0.1) is 0 Å². The lowest BCUT2D eigenvalue weighted by Gasteiger charge is -2.27. The largest absolute Gasteiger partial charge is 0.370 e. The Balaban J connectivity index is 0.00000288. The molecule has 0 radical (unpaired) electrons. The molecular weight excluding hydrogens is 361 g/mol. The van der Waals surface area contributed by atoms with Gasteiger partial charge in [-0.05, 0) is 26.1 Å². The van der Waals surface area contributed by atoms with E-state index in [1.807, 2.05) is 38.5 Å². The number of aryl methyl sites for hydroxylation is 1. The van der Waals surface area contributed by atoms with Crippen LogP contribution in [0.15, 0.2) is 42.7 Å². The second-order valence-electron chi connectivity index (χ2n) is 5.71. The molecule has 0 saturated heterocycles. The van der Waals surface area contributed by atoms with Crippen LogP contribution < -0.4 is 15.5 Å². The highest BCUT2D eigenvalue weighted by atomic mass is 35.5. The normalized spacial score (nSPS) is 12.3. The van der Waals surface area contributed by atoms with Gasteiger partial charge in [0, 0.05) is 44.1 Å². The van der Waals surface area contributed by atoms with E-state index < -0.39 is 6.04 Å². The Morgan fingerprint density at radius 3 is 2.44 bits per heavy atom. The molecule has 0 spiro atoms. The fourth-order valence-corrected chi connectivity index (χ4v) is 2.44. The molecule has 1 aromatic carbocycles. The summed E-state index contributed by atoms with van der Waals surface area (Å²) in [7, 11) is 5.64. The fourth-order valence-electron chi connectivity index (χ4n) is 2.44. The third-order valence-corrected chi connectivity index (χ3v) is 4.01. The van der Waals surface area contributed by atoms with Crippen LogP contribution in [0.25, 0.3) is 0 Å². The zero-order valence-corrected chi connectivity index (χ0v) is 16.6. The summed E-state index contributed by atoms with van der Waals surface area (Å²) in [5, 5.41) is 10.2. The van der Waals surface area contributed by atoms with Gasteiger partial charge in [0.1, 0.15) is 6.04 Å². The Hall–Kier alpha value is -1.76. The highest BCUT2D eigenvalue weighted by molar-refractivity contribution is 5.85. The first-order valence-corrected chi connectivity index (χ1v) is 7.74. The van der Waals surface area contributed by atoms with Crippen LogP contribution in [0.3, 0.4) is 0 Å². The molecule has 1 aromatic heterocycles. The number of hydrogen-bond acceptors (Lipinski definition) is 4. The summed E-state index contributed by atoms with van der Waals surface area (Å²) in [6.45, 7) is 2.66. The van der Waals surface area contributed by atoms with Crippen molar-refractivity contribution in [3.8, 4) is 0 Å². The number of hydrogen-bond donors (Lipinski definition) is 2. The molecular formula is C17H27Cl2N5O. The van der Waals surface area contributed by atoms with Gasteiger partial charge in [-0.2, -0.15) is 5.10 Å². The maximum absolute atomic E-state index is 12.4. The monoisotopic (exact) mass is 387 g/mol. The van der Waals surface area contributed by atoms with Crippen molar-refractivity contribution >= 4 is 36.4 Å². The summed E-state index contributed by atoms with van der Waals surface area (Å²) in [6.07, 6.45) is 3.56. The molecule has 1 amide bonds. The number of nitrogens with zero attached hydrogens (tertiary/aromatic N) is 3. The molecule has 2 atom stereocenters. The smallest absolute Gasteiger partial charge is 0.241 e. The number of carbonyl (C=O) groups excluding carboxylic acids is 1. The van der Waals surface area contributed by atoms with Crippen molar-refractivity contribution in [3.63, 3.8) is 0 Å². The summed E-state index contributed by atoms with van der Waals surface area (Å²) in [5.74, 6) is -0.0474. The van der Waals surface area contributed by atoms with Gasteiger partial charge >= 0.3 is 0 Å². The molecule has 2 N–H and O–H groups in total. The molecule has 0 aliphatic rings. The standard InChI is InChI=1S/C17H25N5O.2ClH/c1-13(22(4)15-8-6-5-7-9-15)10-19-17(23)16(18-2)14-11-20-21(3)12-14;;/h5-9,11-13,16,18H,10H2,1-4H3,(H,19,23);2*1H. The van der Waals surface area contributed by atoms with Crippen molar-refractivity contribution in [2.24, 2.45) is 7.05 Å². The number of amides is 1. The van der Waals surface area contributed by atoms with Crippen LogP contribution in [0.5, 0.6) is 0 Å². The Morgan fingerprint density at radius 2 is 1.92 bits per heavy atom. The van der Waals surface area contributed by atoms with Gasteiger partial charge < -0.3 is 15.5 Å². The number of nitrogens with one attached hydrogen (secondary N) is 2. The zero-order valence-electron chi connectivity index (χ0n) is 15.0. The summed E-state index contributed by atoms with van der Waals surface area (Å²) in [4.78, 5) is 14.6. The average Bonchev–Trinajstić information content (AvgIpc) is 2.99. The van der Waals surface area contributed by atoms with Crippen LogP contribution in [-0.4, -0.2) is 42.4 Å². The summed E-state index contributed by atoms with van der Waals surface area (Å²) in [5.41, 5.74) is 1.99. The molecule has 0 bridgehead atoms. The van der Waals surface area contributed by atoms with Crippen molar-refractivity contribution < 1.29 is 4.79 Å². The van der Waals surface area contributed by atoms with Gasteiger partial charge in [0.05, 0.1) is 6.20 Å². The van der Waals surface area contributed by atoms with Gasteiger partial charge in [-0.25, -0.2) is 0 Å². The molecule has 0 aliphatic heterocycles. The van der Waals surface area contributed by atoms with Gasteiger partial charge in [0.2, 0.25) is 5.91 Å². The third kappa shape index (κ3) is 6.23. The molecule has 6 nitrogen and oxygen atoms in total. The maximum atomic E-state index is 12.4. The predicted molar refractivity (Wildman–Crippen MR) is 107 cm³/mol. The average molecular weight is 388 g/mol. The SMILES string of the molecule is CNC(C(=O)NCC(C)N(C)c1ccccc1)c1cnn(C)c1.Cl.Cl. The van der Waals surface area contributed by atoms with E-state index >= 15 is 0 Å². The molecule has 0 saturated carbocycles. The lowest BCUT2D eigenvalue weighted by Crippen LogP contribution is -2.43. The van der Waals surface area contributed by atoms with Crippen LogP contribution in [0.2, 0.25) is 0 Å². The van der Waals surface area contributed by atoms with Crippen molar-refractivity contribution in [1.82, 2.24) is 20.4 Å². The number of para-hydroxylation sites is 1. The zero-order chi connectivity index (χ0) is 16.8. The highest BCUT2D eigenvalue weighted by Gasteiger charge is 2.21. The van der Waals surface area contributed by atoms with Crippen molar-refractivity contribution in [1.29, 1.82) is 0 Å². The van der Waals surface area contributed by atoms with E-state index in [-0.39, 0.29) is 36.8 Å². The number of rotatable bonds is 7. The van der Waals surface area contributed by atoms with Gasteiger partial charge in [-0.1, -0.05) is 18.2 Å². The summed E-state index contributed by atoms with van der Waals surface area (Å²) >= 11 is 0. The van der Waals surface area contributed by atoms with Crippen LogP contribution >= 0.6 is 24.8 Å². The number of likely N-dealkylation sites (N-methyl/N-ethyl adjacent to an activating group) is 2. The van der Waals surface area contributed by atoms with E-state index in [2.05, 4.69) is 39.7 Å². The van der Waals surface area contributed by atoms with Crippen LogP contribution in [0.4, 0.5) is 5.69 Å². The second kappa shape index (κ2) is 11.0. The number of aromatic nitrogens is 2. The molecule has 2 unspecified atom stereocenters. The van der Waals surface area contributed by atoms with Crippen LogP contribution in [0.1, 0.15) is 18.5 Å². The molecule has 8 heteroatoms. The number of carbonyl (C=O) groups is 1. The van der Waals surface area contributed by atoms with Crippen molar-refractivity contribution in [3.05, 3.63) is 48.3 Å². The Bertz CT molecular complexity index is 635. The minimum absolute atomic E-state index is 0. The van der Waals surface area contributed by atoms with E-state index in [1.165, 1.54) is 0 Å². The molecule has 25 heavy (non-hydrogen) atoms. The number of halogens is 2. The topological polar surface area (TPSA) is 62.2 Å². The fraction of sp³-hybridized carbons (Fsp3) is 0.412. The molecule has 0 aliphatic carbocycles.